The van der Waals surface area contributed by atoms with E-state index in [9.17, 15) is 5.11 Å². The average molecular weight is 306 g/mol. The lowest BCUT2D eigenvalue weighted by Crippen LogP contribution is -2.45. The SMILES string of the molecule is CSCCC(C)(O)N(C)c1cc(-c2cccnc2)nn1C. The van der Waals surface area contributed by atoms with Crippen molar-refractivity contribution < 1.29 is 5.11 Å². The third kappa shape index (κ3) is 3.57. The number of pyridine rings is 1. The highest BCUT2D eigenvalue weighted by atomic mass is 32.2. The maximum atomic E-state index is 10.6. The Balaban J connectivity index is 2.27. The highest BCUT2D eigenvalue weighted by Crippen LogP contribution is 2.27. The second kappa shape index (κ2) is 6.49. The third-order valence-electron chi connectivity index (χ3n) is 3.66. The van der Waals surface area contributed by atoms with Gasteiger partial charge in [0.2, 0.25) is 0 Å². The normalized spacial score (nSPS) is 14.0. The van der Waals surface area contributed by atoms with Gasteiger partial charge in [0.1, 0.15) is 11.5 Å². The highest BCUT2D eigenvalue weighted by Gasteiger charge is 2.28. The summed E-state index contributed by atoms with van der Waals surface area (Å²) in [6.45, 7) is 1.83. The van der Waals surface area contributed by atoms with Gasteiger partial charge in [0, 0.05) is 44.5 Å². The van der Waals surface area contributed by atoms with Crippen LogP contribution in [0.2, 0.25) is 0 Å². The van der Waals surface area contributed by atoms with Crippen molar-refractivity contribution in [3.05, 3.63) is 30.6 Å². The van der Waals surface area contributed by atoms with Gasteiger partial charge in [0.05, 0.1) is 5.69 Å². The summed E-state index contributed by atoms with van der Waals surface area (Å²) in [4.78, 5) is 5.99. The van der Waals surface area contributed by atoms with E-state index in [2.05, 4.69) is 10.1 Å². The number of hydrogen-bond donors (Lipinski definition) is 1. The fourth-order valence-corrected chi connectivity index (χ4v) is 2.73. The number of thioether (sulfide) groups is 1. The van der Waals surface area contributed by atoms with Gasteiger partial charge >= 0.3 is 0 Å². The van der Waals surface area contributed by atoms with E-state index in [0.29, 0.717) is 6.42 Å². The molecule has 2 rings (SSSR count). The number of nitrogens with zero attached hydrogens (tertiary/aromatic N) is 4. The van der Waals surface area contributed by atoms with Gasteiger partial charge in [-0.1, -0.05) is 0 Å². The molecule has 6 heteroatoms. The zero-order valence-electron chi connectivity index (χ0n) is 12.9. The summed E-state index contributed by atoms with van der Waals surface area (Å²) in [5, 5.41) is 15.1. The zero-order valence-corrected chi connectivity index (χ0v) is 13.8. The van der Waals surface area contributed by atoms with Crippen molar-refractivity contribution in [2.45, 2.75) is 19.1 Å². The van der Waals surface area contributed by atoms with Crippen molar-refractivity contribution in [2.75, 3.05) is 24.0 Å². The number of aryl methyl sites for hydroxylation is 1. The van der Waals surface area contributed by atoms with Crippen LogP contribution in [0, 0.1) is 0 Å². The molecule has 2 heterocycles. The minimum absolute atomic E-state index is 0.693. The molecule has 0 radical (unpaired) electrons. The Morgan fingerprint density at radius 3 is 2.86 bits per heavy atom. The number of anilines is 1. The van der Waals surface area contributed by atoms with Gasteiger partial charge in [-0.15, -0.1) is 0 Å². The van der Waals surface area contributed by atoms with Gasteiger partial charge in [-0.3, -0.25) is 9.67 Å². The Labute approximate surface area is 130 Å². The first kappa shape index (κ1) is 15.9. The fraction of sp³-hybridized carbons (Fsp3) is 0.467. The quantitative estimate of drug-likeness (QED) is 0.831. The molecule has 0 saturated heterocycles. The maximum Gasteiger partial charge on any atom is 0.136 e. The minimum atomic E-state index is -0.900. The summed E-state index contributed by atoms with van der Waals surface area (Å²) < 4.78 is 1.79. The Morgan fingerprint density at radius 1 is 1.48 bits per heavy atom. The lowest BCUT2D eigenvalue weighted by molar-refractivity contribution is 0.0571. The number of rotatable bonds is 6. The molecule has 5 nitrogen and oxygen atoms in total. The van der Waals surface area contributed by atoms with E-state index in [4.69, 9.17) is 0 Å². The standard InChI is InChI=1S/C15H22N4OS/c1-15(20,7-9-21-4)18(2)14-10-13(17-19(14)3)12-6-5-8-16-11-12/h5-6,8,10-11,20H,7,9H2,1-4H3. The van der Waals surface area contributed by atoms with Crippen LogP contribution in [0.1, 0.15) is 13.3 Å². The summed E-state index contributed by atoms with van der Waals surface area (Å²) in [7, 11) is 3.78. The Morgan fingerprint density at radius 2 is 2.24 bits per heavy atom. The van der Waals surface area contributed by atoms with E-state index in [-0.39, 0.29) is 0 Å². The highest BCUT2D eigenvalue weighted by molar-refractivity contribution is 7.98. The molecule has 0 fully saturated rings. The summed E-state index contributed by atoms with van der Waals surface area (Å²) >= 11 is 1.73. The largest absolute Gasteiger partial charge is 0.371 e. The van der Waals surface area contributed by atoms with Crippen molar-refractivity contribution in [3.63, 3.8) is 0 Å². The molecular weight excluding hydrogens is 284 g/mol. The smallest absolute Gasteiger partial charge is 0.136 e. The lowest BCUT2D eigenvalue weighted by Gasteiger charge is -2.35. The topological polar surface area (TPSA) is 54.2 Å². The predicted octanol–water partition coefficient (Wildman–Crippen LogP) is 2.38. The van der Waals surface area contributed by atoms with Crippen LogP contribution in [0.25, 0.3) is 11.3 Å². The molecule has 0 aliphatic carbocycles. The molecule has 21 heavy (non-hydrogen) atoms. The summed E-state index contributed by atoms with van der Waals surface area (Å²) in [6.07, 6.45) is 6.27. The molecule has 2 aromatic heterocycles. The van der Waals surface area contributed by atoms with Crippen molar-refractivity contribution in [1.29, 1.82) is 0 Å². The lowest BCUT2D eigenvalue weighted by atomic mass is 10.1. The maximum absolute atomic E-state index is 10.6. The van der Waals surface area contributed by atoms with Crippen molar-refractivity contribution >= 4 is 17.6 Å². The van der Waals surface area contributed by atoms with Crippen LogP contribution in [-0.2, 0) is 7.05 Å². The van der Waals surface area contributed by atoms with Crippen LogP contribution in [0.4, 0.5) is 5.82 Å². The number of aliphatic hydroxyl groups is 1. The molecule has 1 atom stereocenters. The molecule has 2 aromatic rings. The van der Waals surface area contributed by atoms with Gasteiger partial charge in [-0.25, -0.2) is 0 Å². The first-order valence-electron chi connectivity index (χ1n) is 6.85. The molecular formula is C15H22N4OS. The second-order valence-electron chi connectivity index (χ2n) is 5.27. The molecule has 0 saturated carbocycles. The van der Waals surface area contributed by atoms with Crippen LogP contribution < -0.4 is 4.90 Å². The zero-order chi connectivity index (χ0) is 15.5. The van der Waals surface area contributed by atoms with Gasteiger partial charge in [0.15, 0.2) is 0 Å². The number of hydrogen-bond acceptors (Lipinski definition) is 5. The van der Waals surface area contributed by atoms with Crippen LogP contribution in [0.3, 0.4) is 0 Å². The number of aromatic nitrogens is 3. The Kier molecular flexibility index (Phi) is 4.90. The Bertz CT molecular complexity index is 583. The second-order valence-corrected chi connectivity index (χ2v) is 6.26. The monoisotopic (exact) mass is 306 g/mol. The molecule has 0 bridgehead atoms. The predicted molar refractivity (Wildman–Crippen MR) is 88.5 cm³/mol. The van der Waals surface area contributed by atoms with Crippen LogP contribution in [0.5, 0.6) is 0 Å². The van der Waals surface area contributed by atoms with Gasteiger partial charge < -0.3 is 10.0 Å². The van der Waals surface area contributed by atoms with Crippen LogP contribution in [0.15, 0.2) is 30.6 Å². The van der Waals surface area contributed by atoms with Crippen molar-refractivity contribution in [1.82, 2.24) is 14.8 Å². The summed E-state index contributed by atoms with van der Waals surface area (Å²) in [5.41, 5.74) is 0.924. The van der Waals surface area contributed by atoms with E-state index in [0.717, 1.165) is 22.8 Å². The summed E-state index contributed by atoms with van der Waals surface area (Å²) in [6, 6.07) is 5.84. The molecule has 0 spiro atoms. The molecule has 1 N–H and O–H groups in total. The van der Waals surface area contributed by atoms with Gasteiger partial charge in [-0.2, -0.15) is 16.9 Å². The van der Waals surface area contributed by atoms with E-state index in [1.165, 1.54) is 0 Å². The first-order chi connectivity index (χ1) is 9.95. The van der Waals surface area contributed by atoms with E-state index < -0.39 is 5.72 Å². The first-order valence-corrected chi connectivity index (χ1v) is 8.24. The van der Waals surface area contributed by atoms with Crippen LogP contribution in [-0.4, -0.2) is 44.7 Å². The third-order valence-corrected chi connectivity index (χ3v) is 4.27. The van der Waals surface area contributed by atoms with Crippen molar-refractivity contribution in [3.8, 4) is 11.3 Å². The minimum Gasteiger partial charge on any atom is -0.371 e. The molecule has 114 valence electrons. The summed E-state index contributed by atoms with van der Waals surface area (Å²) in [5.74, 6) is 1.78. The molecule has 1 unspecified atom stereocenters. The average Bonchev–Trinajstić information content (AvgIpc) is 2.87. The molecule has 0 aromatic carbocycles. The van der Waals surface area contributed by atoms with Gasteiger partial charge in [-0.05, 0) is 31.1 Å². The Hall–Kier alpha value is -1.53. The van der Waals surface area contributed by atoms with Crippen molar-refractivity contribution in [2.24, 2.45) is 7.05 Å². The molecule has 0 aliphatic rings. The molecule has 0 aliphatic heterocycles. The van der Waals surface area contributed by atoms with E-state index >= 15 is 0 Å². The fourth-order valence-electron chi connectivity index (χ4n) is 2.14. The molecule has 0 amide bonds. The van der Waals surface area contributed by atoms with Gasteiger partial charge in [0.25, 0.3) is 0 Å². The van der Waals surface area contributed by atoms with E-state index in [1.54, 1.807) is 28.8 Å². The van der Waals surface area contributed by atoms with Crippen LogP contribution >= 0.6 is 11.8 Å². The van der Waals surface area contributed by atoms with E-state index in [1.807, 2.05) is 50.4 Å².